The number of hydrogen-bond acceptors (Lipinski definition) is 5. The highest BCUT2D eigenvalue weighted by Crippen LogP contribution is 2.38. The first-order chi connectivity index (χ1) is 10.2. The standard InChI is InChI=1S/C15H15N3O3/c1-21-15(20)11-4-5-12(17-8-11)9-18-13(19)6-7-16-14(18)10-2-3-10/h4-8,10H,2-3,9H2,1H3. The molecule has 1 aliphatic rings. The second-order valence-corrected chi connectivity index (χ2v) is 5.03. The molecule has 6 heteroatoms. The third kappa shape index (κ3) is 2.84. The Bertz CT molecular complexity index is 718. The van der Waals surface area contributed by atoms with Crippen molar-refractivity contribution in [1.29, 1.82) is 0 Å². The number of carbonyl (C=O) groups excluding carboxylic acids is 1. The van der Waals surface area contributed by atoms with Gasteiger partial charge >= 0.3 is 5.97 Å². The molecule has 2 aromatic heterocycles. The monoisotopic (exact) mass is 285 g/mol. The third-order valence-corrected chi connectivity index (χ3v) is 3.47. The molecule has 21 heavy (non-hydrogen) atoms. The minimum Gasteiger partial charge on any atom is -0.465 e. The number of carbonyl (C=O) groups is 1. The molecule has 0 radical (unpaired) electrons. The fourth-order valence-electron chi connectivity index (χ4n) is 2.19. The summed E-state index contributed by atoms with van der Waals surface area (Å²) in [7, 11) is 1.33. The number of nitrogens with zero attached hydrogens (tertiary/aromatic N) is 3. The van der Waals surface area contributed by atoms with Gasteiger partial charge in [-0.1, -0.05) is 0 Å². The van der Waals surface area contributed by atoms with Gasteiger partial charge in [-0.2, -0.15) is 0 Å². The first-order valence-electron chi connectivity index (χ1n) is 6.78. The molecule has 0 saturated heterocycles. The molecule has 0 atom stereocenters. The van der Waals surface area contributed by atoms with Crippen LogP contribution >= 0.6 is 0 Å². The van der Waals surface area contributed by atoms with E-state index in [1.165, 1.54) is 19.4 Å². The van der Waals surface area contributed by atoms with E-state index in [1.54, 1.807) is 22.9 Å². The Labute approximate surface area is 121 Å². The summed E-state index contributed by atoms with van der Waals surface area (Å²) in [4.78, 5) is 31.9. The van der Waals surface area contributed by atoms with Gasteiger partial charge in [0.1, 0.15) is 5.82 Å². The van der Waals surface area contributed by atoms with Crippen molar-refractivity contribution in [2.75, 3.05) is 7.11 Å². The van der Waals surface area contributed by atoms with Crippen LogP contribution in [0.1, 0.15) is 40.6 Å². The molecule has 0 N–H and O–H groups in total. The van der Waals surface area contributed by atoms with E-state index in [9.17, 15) is 9.59 Å². The van der Waals surface area contributed by atoms with Crippen LogP contribution in [0.2, 0.25) is 0 Å². The molecule has 6 nitrogen and oxygen atoms in total. The van der Waals surface area contributed by atoms with Crippen LogP contribution < -0.4 is 5.56 Å². The summed E-state index contributed by atoms with van der Waals surface area (Å²) < 4.78 is 6.28. The molecule has 0 aromatic carbocycles. The van der Waals surface area contributed by atoms with Gasteiger partial charge in [-0.25, -0.2) is 9.78 Å². The lowest BCUT2D eigenvalue weighted by molar-refractivity contribution is 0.0600. The average Bonchev–Trinajstić information content (AvgIpc) is 3.34. The van der Waals surface area contributed by atoms with Gasteiger partial charge in [0.2, 0.25) is 0 Å². The number of rotatable bonds is 4. The van der Waals surface area contributed by atoms with Gasteiger partial charge in [0.05, 0.1) is 24.9 Å². The predicted octanol–water partition coefficient (Wildman–Crippen LogP) is 1.35. The van der Waals surface area contributed by atoms with Crippen molar-refractivity contribution in [3.05, 3.63) is 58.0 Å². The fraction of sp³-hybridized carbons (Fsp3) is 0.333. The Morgan fingerprint density at radius 2 is 2.14 bits per heavy atom. The maximum atomic E-state index is 12.0. The van der Waals surface area contributed by atoms with E-state index in [0.717, 1.165) is 18.7 Å². The second-order valence-electron chi connectivity index (χ2n) is 5.03. The molecule has 1 aliphatic carbocycles. The van der Waals surface area contributed by atoms with Crippen LogP contribution in [0.15, 0.2) is 35.4 Å². The summed E-state index contributed by atoms with van der Waals surface area (Å²) in [6, 6.07) is 4.82. The van der Waals surface area contributed by atoms with Crippen molar-refractivity contribution < 1.29 is 9.53 Å². The minimum absolute atomic E-state index is 0.0780. The number of methoxy groups -OCH3 is 1. The highest BCUT2D eigenvalue weighted by Gasteiger charge is 2.28. The molecule has 2 heterocycles. The summed E-state index contributed by atoms with van der Waals surface area (Å²) in [6.45, 7) is 0.361. The van der Waals surface area contributed by atoms with Crippen molar-refractivity contribution in [3.63, 3.8) is 0 Å². The molecule has 1 saturated carbocycles. The number of aromatic nitrogens is 3. The summed E-state index contributed by atoms with van der Waals surface area (Å²) in [5.41, 5.74) is 1.02. The van der Waals surface area contributed by atoms with E-state index in [0.29, 0.717) is 23.7 Å². The summed E-state index contributed by atoms with van der Waals surface area (Å²) in [5.74, 6) is 0.779. The molecule has 0 unspecified atom stereocenters. The lowest BCUT2D eigenvalue weighted by atomic mass is 10.2. The average molecular weight is 285 g/mol. The number of ether oxygens (including phenoxy) is 1. The lowest BCUT2D eigenvalue weighted by Crippen LogP contribution is -2.24. The van der Waals surface area contributed by atoms with Crippen molar-refractivity contribution >= 4 is 5.97 Å². The zero-order valence-corrected chi connectivity index (χ0v) is 11.7. The Hall–Kier alpha value is -2.50. The molecule has 0 amide bonds. The van der Waals surface area contributed by atoms with Crippen LogP contribution in [0.25, 0.3) is 0 Å². The van der Waals surface area contributed by atoms with Gasteiger partial charge in [0.25, 0.3) is 5.56 Å². The zero-order valence-electron chi connectivity index (χ0n) is 11.7. The molecular formula is C15H15N3O3. The predicted molar refractivity (Wildman–Crippen MR) is 75.2 cm³/mol. The van der Waals surface area contributed by atoms with Crippen molar-refractivity contribution in [2.45, 2.75) is 25.3 Å². The van der Waals surface area contributed by atoms with Crippen molar-refractivity contribution in [1.82, 2.24) is 14.5 Å². The molecule has 108 valence electrons. The highest BCUT2D eigenvalue weighted by molar-refractivity contribution is 5.88. The van der Waals surface area contributed by atoms with Crippen molar-refractivity contribution in [3.8, 4) is 0 Å². The number of esters is 1. The smallest absolute Gasteiger partial charge is 0.339 e. The first-order valence-corrected chi connectivity index (χ1v) is 6.78. The molecule has 1 fully saturated rings. The molecule has 0 spiro atoms. The number of hydrogen-bond donors (Lipinski definition) is 0. The minimum atomic E-state index is -0.425. The van der Waals surface area contributed by atoms with Gasteiger partial charge in [-0.3, -0.25) is 14.3 Å². The normalized spacial score (nSPS) is 14.0. The molecular weight excluding hydrogens is 270 g/mol. The van der Waals surface area contributed by atoms with Crippen LogP contribution in [0.4, 0.5) is 0 Å². The molecule has 0 bridgehead atoms. The Kier molecular flexibility index (Phi) is 3.51. The highest BCUT2D eigenvalue weighted by atomic mass is 16.5. The SMILES string of the molecule is COC(=O)c1ccc(Cn2c(C3CC3)nccc2=O)nc1. The van der Waals surface area contributed by atoms with Crippen LogP contribution in [0.3, 0.4) is 0 Å². The van der Waals surface area contributed by atoms with E-state index in [-0.39, 0.29) is 5.56 Å². The summed E-state index contributed by atoms with van der Waals surface area (Å²) in [6.07, 6.45) is 5.16. The van der Waals surface area contributed by atoms with Crippen LogP contribution in [-0.4, -0.2) is 27.6 Å². The van der Waals surface area contributed by atoms with Gasteiger partial charge in [0, 0.05) is 24.4 Å². The molecule has 2 aromatic rings. The van der Waals surface area contributed by atoms with E-state index < -0.39 is 5.97 Å². The van der Waals surface area contributed by atoms with Crippen LogP contribution in [0, 0.1) is 0 Å². The Morgan fingerprint density at radius 3 is 2.76 bits per heavy atom. The Morgan fingerprint density at radius 1 is 1.33 bits per heavy atom. The first kappa shape index (κ1) is 13.5. The largest absolute Gasteiger partial charge is 0.465 e. The zero-order chi connectivity index (χ0) is 14.8. The second kappa shape index (κ2) is 5.47. The topological polar surface area (TPSA) is 74.1 Å². The maximum Gasteiger partial charge on any atom is 0.339 e. The van der Waals surface area contributed by atoms with Crippen molar-refractivity contribution in [2.24, 2.45) is 0 Å². The maximum absolute atomic E-state index is 12.0. The Balaban J connectivity index is 1.87. The quantitative estimate of drug-likeness (QED) is 0.793. The summed E-state index contributed by atoms with van der Waals surface area (Å²) in [5, 5.41) is 0. The van der Waals surface area contributed by atoms with E-state index in [1.807, 2.05) is 0 Å². The number of pyridine rings is 1. The fourth-order valence-corrected chi connectivity index (χ4v) is 2.19. The van der Waals surface area contributed by atoms with E-state index >= 15 is 0 Å². The lowest BCUT2D eigenvalue weighted by Gasteiger charge is -2.10. The summed E-state index contributed by atoms with van der Waals surface area (Å²) >= 11 is 0. The van der Waals surface area contributed by atoms with E-state index in [4.69, 9.17) is 0 Å². The van der Waals surface area contributed by atoms with Gasteiger partial charge in [-0.05, 0) is 25.0 Å². The van der Waals surface area contributed by atoms with Gasteiger partial charge in [-0.15, -0.1) is 0 Å². The van der Waals surface area contributed by atoms with Gasteiger partial charge in [0.15, 0.2) is 0 Å². The molecule has 0 aliphatic heterocycles. The van der Waals surface area contributed by atoms with Crippen LogP contribution in [0.5, 0.6) is 0 Å². The van der Waals surface area contributed by atoms with Crippen LogP contribution in [-0.2, 0) is 11.3 Å². The van der Waals surface area contributed by atoms with Gasteiger partial charge < -0.3 is 4.74 Å². The third-order valence-electron chi connectivity index (χ3n) is 3.47. The van der Waals surface area contributed by atoms with E-state index in [2.05, 4.69) is 14.7 Å². The molecule has 3 rings (SSSR count).